The van der Waals surface area contributed by atoms with Gasteiger partial charge in [0.1, 0.15) is 0 Å². The van der Waals surface area contributed by atoms with Gasteiger partial charge in [-0.05, 0) is 60.5 Å². The first kappa shape index (κ1) is 23.2. The topological polar surface area (TPSA) is 97.2 Å². The number of hydrogen-bond donors (Lipinski definition) is 2. The van der Waals surface area contributed by atoms with Gasteiger partial charge in [0.2, 0.25) is 0 Å². The van der Waals surface area contributed by atoms with Crippen LogP contribution >= 0.6 is 15.9 Å². The number of esters is 1. The Labute approximate surface area is 193 Å². The molecule has 1 unspecified atom stereocenters. The Morgan fingerprint density at radius 2 is 1.78 bits per heavy atom. The average molecular weight is 497 g/mol. The highest BCUT2D eigenvalue weighted by Gasteiger charge is 2.16. The standard InChI is InChI=1S/C24H21BrN2O5/c1-2-31-21-14-16(15-26-27-23(29)22(28)17-6-4-3-5-7-17)8-13-20(21)32-24(30)18-9-11-19(25)12-10-18/h3-15,22,28H,2H2,1H3,(H,27,29)/b26-15+. The van der Waals surface area contributed by atoms with Gasteiger partial charge in [-0.3, -0.25) is 4.79 Å². The molecule has 32 heavy (non-hydrogen) atoms. The summed E-state index contributed by atoms with van der Waals surface area (Å²) < 4.78 is 11.9. The highest BCUT2D eigenvalue weighted by atomic mass is 79.9. The van der Waals surface area contributed by atoms with Crippen LogP contribution in [-0.2, 0) is 4.79 Å². The van der Waals surface area contributed by atoms with Crippen molar-refractivity contribution in [1.82, 2.24) is 5.43 Å². The van der Waals surface area contributed by atoms with Crippen molar-refractivity contribution in [2.24, 2.45) is 5.10 Å². The van der Waals surface area contributed by atoms with Crippen molar-refractivity contribution in [2.45, 2.75) is 13.0 Å². The van der Waals surface area contributed by atoms with Crippen LogP contribution in [0.25, 0.3) is 0 Å². The number of carbonyl (C=O) groups excluding carboxylic acids is 2. The predicted octanol–water partition coefficient (Wildman–Crippen LogP) is 4.25. The molecule has 3 aromatic rings. The second kappa shape index (κ2) is 11.2. The molecule has 0 fully saturated rings. The number of nitrogens with one attached hydrogen (secondary N) is 1. The fourth-order valence-corrected chi connectivity index (χ4v) is 2.98. The van der Waals surface area contributed by atoms with Crippen molar-refractivity contribution in [2.75, 3.05) is 6.61 Å². The van der Waals surface area contributed by atoms with Gasteiger partial charge in [-0.2, -0.15) is 5.10 Å². The van der Waals surface area contributed by atoms with Crippen molar-refractivity contribution >= 4 is 34.0 Å². The van der Waals surface area contributed by atoms with E-state index in [2.05, 4.69) is 26.5 Å². The van der Waals surface area contributed by atoms with Crippen LogP contribution in [0.4, 0.5) is 0 Å². The zero-order chi connectivity index (χ0) is 22.9. The molecule has 0 saturated carbocycles. The maximum atomic E-state index is 12.4. The number of aliphatic hydroxyl groups is 1. The van der Waals surface area contributed by atoms with Gasteiger partial charge in [-0.1, -0.05) is 46.3 Å². The molecule has 3 rings (SSSR count). The molecular formula is C24H21BrN2O5. The number of hydrazone groups is 1. The normalized spacial score (nSPS) is 11.7. The van der Waals surface area contributed by atoms with Crippen LogP contribution in [-0.4, -0.2) is 29.8 Å². The number of benzene rings is 3. The van der Waals surface area contributed by atoms with Crippen molar-refractivity contribution < 1.29 is 24.2 Å². The van der Waals surface area contributed by atoms with E-state index < -0.39 is 18.0 Å². The third-order valence-corrected chi connectivity index (χ3v) is 4.83. The van der Waals surface area contributed by atoms with Gasteiger partial charge < -0.3 is 14.6 Å². The van der Waals surface area contributed by atoms with Crippen LogP contribution in [0.3, 0.4) is 0 Å². The molecule has 0 saturated heterocycles. The summed E-state index contributed by atoms with van der Waals surface area (Å²) in [5, 5.41) is 14.0. The first-order valence-corrected chi connectivity index (χ1v) is 10.6. The Morgan fingerprint density at radius 3 is 2.47 bits per heavy atom. The SMILES string of the molecule is CCOc1cc(/C=N/NC(=O)C(O)c2ccccc2)ccc1OC(=O)c1ccc(Br)cc1. The summed E-state index contributed by atoms with van der Waals surface area (Å²) in [4.78, 5) is 24.5. The molecule has 0 bridgehead atoms. The van der Waals surface area contributed by atoms with E-state index in [0.29, 0.717) is 29.0 Å². The molecule has 164 valence electrons. The van der Waals surface area contributed by atoms with E-state index >= 15 is 0 Å². The lowest BCUT2D eigenvalue weighted by Gasteiger charge is -2.11. The molecule has 7 nitrogen and oxygen atoms in total. The molecule has 0 radical (unpaired) electrons. The number of rotatable bonds is 8. The lowest BCUT2D eigenvalue weighted by Crippen LogP contribution is -2.25. The fourth-order valence-electron chi connectivity index (χ4n) is 2.72. The zero-order valence-corrected chi connectivity index (χ0v) is 18.8. The maximum Gasteiger partial charge on any atom is 0.343 e. The first-order chi connectivity index (χ1) is 15.5. The molecule has 8 heteroatoms. The Bertz CT molecular complexity index is 1100. The minimum absolute atomic E-state index is 0.264. The molecular weight excluding hydrogens is 476 g/mol. The summed E-state index contributed by atoms with van der Waals surface area (Å²) in [6.07, 6.45) is 0.0751. The van der Waals surface area contributed by atoms with Crippen LogP contribution in [0.1, 0.15) is 34.5 Å². The Morgan fingerprint density at radius 1 is 1.06 bits per heavy atom. The van der Waals surface area contributed by atoms with Gasteiger partial charge in [0.25, 0.3) is 5.91 Å². The van der Waals surface area contributed by atoms with Crippen LogP contribution in [0.15, 0.2) is 82.4 Å². The minimum Gasteiger partial charge on any atom is -0.490 e. The molecule has 0 spiro atoms. The van der Waals surface area contributed by atoms with E-state index in [1.54, 1.807) is 72.8 Å². The predicted molar refractivity (Wildman–Crippen MR) is 124 cm³/mol. The second-order valence-electron chi connectivity index (χ2n) is 6.58. The number of carbonyl (C=O) groups is 2. The molecule has 0 heterocycles. The molecule has 0 aliphatic heterocycles. The van der Waals surface area contributed by atoms with Crippen molar-refractivity contribution in [1.29, 1.82) is 0 Å². The summed E-state index contributed by atoms with van der Waals surface area (Å²) in [7, 11) is 0. The van der Waals surface area contributed by atoms with Crippen LogP contribution in [0.2, 0.25) is 0 Å². The lowest BCUT2D eigenvalue weighted by atomic mass is 10.1. The molecule has 1 amide bonds. The largest absolute Gasteiger partial charge is 0.490 e. The van der Waals surface area contributed by atoms with E-state index in [9.17, 15) is 14.7 Å². The molecule has 2 N–H and O–H groups in total. The summed E-state index contributed by atoms with van der Waals surface area (Å²) in [5.74, 6) is -0.544. The summed E-state index contributed by atoms with van der Waals surface area (Å²) in [6.45, 7) is 2.18. The van der Waals surface area contributed by atoms with Gasteiger partial charge >= 0.3 is 5.97 Å². The molecule has 1 atom stereocenters. The molecule has 0 aliphatic carbocycles. The quantitative estimate of drug-likeness (QED) is 0.210. The third-order valence-electron chi connectivity index (χ3n) is 4.30. The minimum atomic E-state index is -1.33. The van der Waals surface area contributed by atoms with Gasteiger partial charge in [-0.15, -0.1) is 0 Å². The van der Waals surface area contributed by atoms with Gasteiger partial charge in [0.05, 0.1) is 18.4 Å². The Hall–Kier alpha value is -3.49. The van der Waals surface area contributed by atoms with E-state index in [4.69, 9.17) is 9.47 Å². The van der Waals surface area contributed by atoms with E-state index in [0.717, 1.165) is 4.47 Å². The number of halogens is 1. The maximum absolute atomic E-state index is 12.4. The van der Waals surface area contributed by atoms with Crippen molar-refractivity contribution in [3.8, 4) is 11.5 Å². The lowest BCUT2D eigenvalue weighted by molar-refractivity contribution is -0.129. The smallest absolute Gasteiger partial charge is 0.343 e. The van der Waals surface area contributed by atoms with Crippen molar-refractivity contribution in [3.05, 3.63) is 94.0 Å². The first-order valence-electron chi connectivity index (χ1n) is 9.78. The number of amides is 1. The third kappa shape index (κ3) is 6.26. The summed E-state index contributed by atoms with van der Waals surface area (Å²) in [5.41, 5.74) is 3.78. The van der Waals surface area contributed by atoms with Gasteiger partial charge in [-0.25, -0.2) is 10.2 Å². The number of hydrogen-bond acceptors (Lipinski definition) is 6. The molecule has 0 aliphatic rings. The fraction of sp³-hybridized carbons (Fsp3) is 0.125. The highest BCUT2D eigenvalue weighted by molar-refractivity contribution is 9.10. The summed E-state index contributed by atoms with van der Waals surface area (Å²) in [6, 6.07) is 20.3. The highest BCUT2D eigenvalue weighted by Crippen LogP contribution is 2.29. The number of aliphatic hydroxyl groups excluding tert-OH is 1. The molecule has 3 aromatic carbocycles. The van der Waals surface area contributed by atoms with E-state index in [-0.39, 0.29) is 5.75 Å². The zero-order valence-electron chi connectivity index (χ0n) is 17.2. The van der Waals surface area contributed by atoms with Crippen LogP contribution < -0.4 is 14.9 Å². The number of nitrogens with zero attached hydrogens (tertiary/aromatic N) is 1. The van der Waals surface area contributed by atoms with E-state index in [1.165, 1.54) is 6.21 Å². The van der Waals surface area contributed by atoms with E-state index in [1.807, 2.05) is 6.92 Å². The van der Waals surface area contributed by atoms with Crippen molar-refractivity contribution in [3.63, 3.8) is 0 Å². The van der Waals surface area contributed by atoms with Gasteiger partial charge in [0.15, 0.2) is 17.6 Å². The van der Waals surface area contributed by atoms with Crippen LogP contribution in [0, 0.1) is 0 Å². The Balaban J connectivity index is 1.67. The number of ether oxygens (including phenoxy) is 2. The summed E-state index contributed by atoms with van der Waals surface area (Å²) >= 11 is 3.33. The van der Waals surface area contributed by atoms with Crippen LogP contribution in [0.5, 0.6) is 11.5 Å². The molecule has 0 aromatic heterocycles. The van der Waals surface area contributed by atoms with Gasteiger partial charge in [0, 0.05) is 4.47 Å². The average Bonchev–Trinajstić information content (AvgIpc) is 2.81. The Kier molecular flexibility index (Phi) is 8.13. The monoisotopic (exact) mass is 496 g/mol. The second-order valence-corrected chi connectivity index (χ2v) is 7.50.